The maximum absolute atomic E-state index is 12.8. The van der Waals surface area contributed by atoms with Gasteiger partial charge in [-0.1, -0.05) is 28.9 Å². The molecule has 0 radical (unpaired) electrons. The van der Waals surface area contributed by atoms with Gasteiger partial charge in [0.2, 0.25) is 0 Å². The first-order valence-electron chi connectivity index (χ1n) is 8.01. The number of amides is 1. The molecule has 0 saturated carbocycles. The standard InChI is InChI=1S/C18H16ClN3O5S/c1-11-16(19)18(27-21-11)22-28(24,25)15-6-4-3-5-14(15)17(23)20-12-7-9-13(26-2)10-8-12/h3-10,22H,1-2H3,(H,20,23). The second kappa shape index (κ2) is 7.91. The summed E-state index contributed by atoms with van der Waals surface area (Å²) in [4.78, 5) is 12.4. The number of aromatic nitrogens is 1. The molecule has 1 aromatic heterocycles. The van der Waals surface area contributed by atoms with E-state index >= 15 is 0 Å². The molecule has 0 fully saturated rings. The Morgan fingerprint density at radius 2 is 1.82 bits per heavy atom. The molecule has 0 aliphatic rings. The zero-order valence-corrected chi connectivity index (χ0v) is 16.5. The highest BCUT2D eigenvalue weighted by molar-refractivity contribution is 7.92. The lowest BCUT2D eigenvalue weighted by Gasteiger charge is -2.11. The zero-order chi connectivity index (χ0) is 20.3. The van der Waals surface area contributed by atoms with Crippen molar-refractivity contribution in [3.8, 4) is 5.75 Å². The third kappa shape index (κ3) is 4.10. The quantitative estimate of drug-likeness (QED) is 0.627. The average Bonchev–Trinajstić information content (AvgIpc) is 3.00. The van der Waals surface area contributed by atoms with Crippen LogP contribution in [-0.4, -0.2) is 26.6 Å². The van der Waals surface area contributed by atoms with Crippen molar-refractivity contribution in [2.24, 2.45) is 0 Å². The maximum atomic E-state index is 12.8. The molecule has 0 bridgehead atoms. The van der Waals surface area contributed by atoms with E-state index in [1.54, 1.807) is 37.3 Å². The van der Waals surface area contributed by atoms with Crippen molar-refractivity contribution in [2.75, 3.05) is 17.1 Å². The van der Waals surface area contributed by atoms with Crippen molar-refractivity contribution < 1.29 is 22.5 Å². The van der Waals surface area contributed by atoms with Gasteiger partial charge in [-0.2, -0.15) is 0 Å². The van der Waals surface area contributed by atoms with Gasteiger partial charge in [-0.15, -0.1) is 0 Å². The van der Waals surface area contributed by atoms with E-state index in [1.807, 2.05) is 0 Å². The third-order valence-electron chi connectivity index (χ3n) is 3.79. The minimum absolute atomic E-state index is 0.0434. The Balaban J connectivity index is 1.89. The van der Waals surface area contributed by atoms with E-state index in [4.69, 9.17) is 20.9 Å². The van der Waals surface area contributed by atoms with Gasteiger partial charge in [-0.3, -0.25) is 4.79 Å². The van der Waals surface area contributed by atoms with Crippen molar-refractivity contribution in [3.63, 3.8) is 0 Å². The number of methoxy groups -OCH3 is 1. The van der Waals surface area contributed by atoms with Gasteiger partial charge >= 0.3 is 0 Å². The predicted octanol–water partition coefficient (Wildman–Crippen LogP) is 3.70. The van der Waals surface area contributed by atoms with Gasteiger partial charge in [0, 0.05) is 5.69 Å². The molecule has 10 heteroatoms. The Morgan fingerprint density at radius 3 is 2.43 bits per heavy atom. The van der Waals surface area contributed by atoms with E-state index in [9.17, 15) is 13.2 Å². The summed E-state index contributed by atoms with van der Waals surface area (Å²) in [6.45, 7) is 1.57. The molecular formula is C18H16ClN3O5S. The molecule has 1 heterocycles. The van der Waals surface area contributed by atoms with Crippen LogP contribution >= 0.6 is 11.6 Å². The lowest BCUT2D eigenvalue weighted by molar-refractivity contribution is 0.102. The van der Waals surface area contributed by atoms with Crippen LogP contribution in [0.25, 0.3) is 0 Å². The summed E-state index contributed by atoms with van der Waals surface area (Å²) in [5, 5.41) is 6.30. The second-order valence-electron chi connectivity index (χ2n) is 5.70. The van der Waals surface area contributed by atoms with Crippen LogP contribution in [0.2, 0.25) is 5.02 Å². The minimum atomic E-state index is -4.15. The van der Waals surface area contributed by atoms with Crippen molar-refractivity contribution in [1.82, 2.24) is 5.16 Å². The van der Waals surface area contributed by atoms with Crippen molar-refractivity contribution in [1.29, 1.82) is 0 Å². The van der Waals surface area contributed by atoms with Crippen molar-refractivity contribution in [3.05, 3.63) is 64.8 Å². The Bertz CT molecular complexity index is 1110. The number of halogens is 1. The number of carbonyl (C=O) groups is 1. The molecule has 3 aromatic rings. The topological polar surface area (TPSA) is 111 Å². The van der Waals surface area contributed by atoms with Gasteiger partial charge in [-0.05, 0) is 43.3 Å². The Hall–Kier alpha value is -3.04. The number of sulfonamides is 1. The molecule has 8 nitrogen and oxygen atoms in total. The maximum Gasteiger partial charge on any atom is 0.265 e. The number of ether oxygens (including phenoxy) is 1. The fraction of sp³-hybridized carbons (Fsp3) is 0.111. The molecule has 28 heavy (non-hydrogen) atoms. The predicted molar refractivity (Wildman–Crippen MR) is 104 cm³/mol. The summed E-state index contributed by atoms with van der Waals surface area (Å²) in [5.74, 6) is -0.181. The normalized spacial score (nSPS) is 11.1. The number of aryl methyl sites for hydroxylation is 1. The number of rotatable bonds is 6. The summed E-state index contributed by atoms with van der Waals surface area (Å²) < 4.78 is 37.7. The highest BCUT2D eigenvalue weighted by Crippen LogP contribution is 2.28. The number of nitrogens with zero attached hydrogens (tertiary/aromatic N) is 1. The van der Waals surface area contributed by atoms with Crippen molar-refractivity contribution >= 4 is 39.1 Å². The van der Waals surface area contributed by atoms with Gasteiger partial charge in [-0.25, -0.2) is 13.1 Å². The highest BCUT2D eigenvalue weighted by atomic mass is 35.5. The number of hydrogen-bond acceptors (Lipinski definition) is 6. The summed E-state index contributed by atoms with van der Waals surface area (Å²) >= 11 is 5.96. The second-order valence-corrected chi connectivity index (χ2v) is 7.72. The Labute approximate surface area is 166 Å². The number of carbonyl (C=O) groups excluding carboxylic acids is 1. The molecule has 0 saturated heterocycles. The van der Waals surface area contributed by atoms with E-state index in [-0.39, 0.29) is 21.4 Å². The highest BCUT2D eigenvalue weighted by Gasteiger charge is 2.25. The fourth-order valence-corrected chi connectivity index (χ4v) is 3.73. The van der Waals surface area contributed by atoms with E-state index in [2.05, 4.69) is 15.2 Å². The van der Waals surface area contributed by atoms with Crippen LogP contribution in [0.1, 0.15) is 16.1 Å². The van der Waals surface area contributed by atoms with Crippen LogP contribution in [0, 0.1) is 6.92 Å². The first-order chi connectivity index (χ1) is 13.3. The number of nitrogens with one attached hydrogen (secondary N) is 2. The van der Waals surface area contributed by atoms with Crippen molar-refractivity contribution in [2.45, 2.75) is 11.8 Å². The molecule has 1 amide bonds. The first-order valence-corrected chi connectivity index (χ1v) is 9.87. The van der Waals surface area contributed by atoms with E-state index in [0.717, 1.165) is 0 Å². The largest absolute Gasteiger partial charge is 0.497 e. The first kappa shape index (κ1) is 19.7. The van der Waals surface area contributed by atoms with Gasteiger partial charge in [0.1, 0.15) is 21.4 Å². The lowest BCUT2D eigenvalue weighted by Crippen LogP contribution is -2.20. The van der Waals surface area contributed by atoms with Gasteiger partial charge in [0.05, 0.1) is 12.7 Å². The molecule has 3 rings (SSSR count). The smallest absolute Gasteiger partial charge is 0.265 e. The molecular weight excluding hydrogens is 406 g/mol. The number of hydrogen-bond donors (Lipinski definition) is 2. The van der Waals surface area contributed by atoms with Crippen LogP contribution in [0.15, 0.2) is 57.9 Å². The minimum Gasteiger partial charge on any atom is -0.497 e. The third-order valence-corrected chi connectivity index (χ3v) is 5.62. The molecule has 0 unspecified atom stereocenters. The number of benzene rings is 2. The fourth-order valence-electron chi connectivity index (χ4n) is 2.36. The SMILES string of the molecule is COc1ccc(NC(=O)c2ccccc2S(=O)(=O)Nc2onc(C)c2Cl)cc1. The van der Waals surface area contributed by atoms with Gasteiger partial charge in [0.15, 0.2) is 0 Å². The monoisotopic (exact) mass is 421 g/mol. The summed E-state index contributed by atoms with van der Waals surface area (Å²) in [6.07, 6.45) is 0. The molecule has 0 aliphatic carbocycles. The van der Waals surface area contributed by atoms with Crippen LogP contribution < -0.4 is 14.8 Å². The van der Waals surface area contributed by atoms with Crippen LogP contribution in [0.4, 0.5) is 11.6 Å². The van der Waals surface area contributed by atoms with Crippen LogP contribution in [0.5, 0.6) is 5.75 Å². The average molecular weight is 422 g/mol. The summed E-state index contributed by atoms with van der Waals surface area (Å²) in [7, 11) is -2.62. The van der Waals surface area contributed by atoms with E-state index in [0.29, 0.717) is 17.1 Å². The van der Waals surface area contributed by atoms with Crippen LogP contribution in [0.3, 0.4) is 0 Å². The molecule has 2 aromatic carbocycles. The lowest BCUT2D eigenvalue weighted by atomic mass is 10.2. The molecule has 146 valence electrons. The zero-order valence-electron chi connectivity index (χ0n) is 14.9. The molecule has 2 N–H and O–H groups in total. The Kier molecular flexibility index (Phi) is 5.57. The van der Waals surface area contributed by atoms with E-state index in [1.165, 1.54) is 25.3 Å². The Morgan fingerprint density at radius 1 is 1.14 bits per heavy atom. The summed E-state index contributed by atoms with van der Waals surface area (Å²) in [6, 6.07) is 12.4. The van der Waals surface area contributed by atoms with E-state index < -0.39 is 15.9 Å². The van der Waals surface area contributed by atoms with Crippen LogP contribution in [-0.2, 0) is 10.0 Å². The van der Waals surface area contributed by atoms with Gasteiger partial charge in [0.25, 0.3) is 21.8 Å². The number of anilines is 2. The molecule has 0 atom stereocenters. The molecule has 0 spiro atoms. The summed E-state index contributed by atoms with van der Waals surface area (Å²) in [5.41, 5.74) is 0.781. The van der Waals surface area contributed by atoms with Gasteiger partial charge < -0.3 is 14.6 Å². The molecule has 0 aliphatic heterocycles.